The van der Waals surface area contributed by atoms with Gasteiger partial charge in [0, 0.05) is 21.9 Å². The Morgan fingerprint density at radius 2 is 1.52 bits per heavy atom. The number of nitrogens with one attached hydrogen (secondary N) is 2. The van der Waals surface area contributed by atoms with Crippen LogP contribution in [0.2, 0.25) is 0 Å². The van der Waals surface area contributed by atoms with E-state index >= 15 is 0 Å². The van der Waals surface area contributed by atoms with Crippen LogP contribution in [0.25, 0.3) is 0 Å². The van der Waals surface area contributed by atoms with E-state index in [1.165, 1.54) is 12.1 Å². The fourth-order valence-electron chi connectivity index (χ4n) is 2.09. The van der Waals surface area contributed by atoms with E-state index in [0.29, 0.717) is 17.5 Å². The fraction of sp³-hybridized carbons (Fsp3) is 0.0588. The Kier molecular flexibility index (Phi) is 4.52. The summed E-state index contributed by atoms with van der Waals surface area (Å²) in [7, 11) is 0. The number of hydrogen-bond acceptors (Lipinski definition) is 4. The molecule has 0 aliphatic carbocycles. The van der Waals surface area contributed by atoms with Crippen molar-refractivity contribution in [3.63, 3.8) is 0 Å². The molecule has 0 saturated heterocycles. The van der Waals surface area contributed by atoms with Crippen molar-refractivity contribution >= 4 is 38.9 Å². The lowest BCUT2D eigenvalue weighted by Crippen LogP contribution is -2.01. The van der Waals surface area contributed by atoms with Crippen LogP contribution < -0.4 is 10.6 Å². The molecule has 0 fully saturated rings. The number of nitrogens with zero attached hydrogens (tertiary/aromatic N) is 2. The Balaban J connectivity index is 1.82. The van der Waals surface area contributed by atoms with Crippen molar-refractivity contribution in [3.8, 4) is 0 Å². The smallest absolute Gasteiger partial charge is 0.136 e. The van der Waals surface area contributed by atoms with Crippen molar-refractivity contribution in [3.05, 3.63) is 70.7 Å². The van der Waals surface area contributed by atoms with Crippen molar-refractivity contribution in [1.29, 1.82) is 0 Å². The first-order chi connectivity index (χ1) is 11.1. The van der Waals surface area contributed by atoms with Crippen molar-refractivity contribution < 1.29 is 4.39 Å². The second-order valence-corrected chi connectivity index (χ2v) is 5.87. The summed E-state index contributed by atoms with van der Waals surface area (Å²) in [6, 6.07) is 15.7. The Morgan fingerprint density at radius 3 is 2.17 bits per heavy atom. The molecule has 0 saturated carbocycles. The van der Waals surface area contributed by atoms with Crippen molar-refractivity contribution in [1.82, 2.24) is 9.97 Å². The number of aryl methyl sites for hydroxylation is 1. The zero-order chi connectivity index (χ0) is 16.2. The summed E-state index contributed by atoms with van der Waals surface area (Å²) in [6.07, 6.45) is 0. The first kappa shape index (κ1) is 15.4. The van der Waals surface area contributed by atoms with E-state index < -0.39 is 0 Å². The van der Waals surface area contributed by atoms with Gasteiger partial charge >= 0.3 is 0 Å². The van der Waals surface area contributed by atoms with E-state index in [2.05, 4.69) is 36.5 Å². The van der Waals surface area contributed by atoms with Gasteiger partial charge in [-0.25, -0.2) is 14.4 Å². The summed E-state index contributed by atoms with van der Waals surface area (Å²) >= 11 is 3.44. The van der Waals surface area contributed by atoms with Crippen LogP contribution in [0, 0.1) is 12.7 Å². The predicted octanol–water partition coefficient (Wildman–Crippen LogP) is 5.17. The second kappa shape index (κ2) is 6.75. The fourth-order valence-corrected chi connectivity index (χ4v) is 2.49. The molecule has 0 atom stereocenters. The minimum absolute atomic E-state index is 0.272. The van der Waals surface area contributed by atoms with Crippen LogP contribution >= 0.6 is 15.9 Å². The third kappa shape index (κ3) is 4.26. The maximum Gasteiger partial charge on any atom is 0.136 e. The van der Waals surface area contributed by atoms with Crippen molar-refractivity contribution in [2.75, 3.05) is 10.6 Å². The van der Waals surface area contributed by atoms with Crippen LogP contribution in [-0.2, 0) is 0 Å². The summed E-state index contributed by atoms with van der Waals surface area (Å²) in [5.74, 6) is 1.68. The Bertz CT molecular complexity index is 821. The van der Waals surface area contributed by atoms with Gasteiger partial charge in [-0.2, -0.15) is 0 Å². The van der Waals surface area contributed by atoms with E-state index in [-0.39, 0.29) is 5.82 Å². The molecule has 6 heteroatoms. The van der Waals surface area contributed by atoms with Gasteiger partial charge in [0.15, 0.2) is 0 Å². The van der Waals surface area contributed by atoms with E-state index in [1.807, 2.05) is 31.2 Å². The van der Waals surface area contributed by atoms with Crippen LogP contribution in [0.3, 0.4) is 0 Å². The number of rotatable bonds is 4. The predicted molar refractivity (Wildman–Crippen MR) is 93.9 cm³/mol. The van der Waals surface area contributed by atoms with Crippen LogP contribution in [0.15, 0.2) is 59.1 Å². The van der Waals surface area contributed by atoms with Gasteiger partial charge in [-0.3, -0.25) is 0 Å². The van der Waals surface area contributed by atoms with Crippen molar-refractivity contribution in [2.45, 2.75) is 6.92 Å². The first-order valence-corrected chi connectivity index (χ1v) is 7.79. The lowest BCUT2D eigenvalue weighted by molar-refractivity contribution is 0.628. The molecule has 2 N–H and O–H groups in total. The van der Waals surface area contributed by atoms with Crippen LogP contribution in [-0.4, -0.2) is 9.97 Å². The summed E-state index contributed by atoms with van der Waals surface area (Å²) in [6.45, 7) is 1.82. The highest BCUT2D eigenvalue weighted by Crippen LogP contribution is 2.22. The number of anilines is 4. The highest BCUT2D eigenvalue weighted by Gasteiger charge is 2.04. The topological polar surface area (TPSA) is 49.8 Å². The Labute approximate surface area is 141 Å². The summed E-state index contributed by atoms with van der Waals surface area (Å²) in [5.41, 5.74) is 1.68. The average molecular weight is 373 g/mol. The molecule has 0 amide bonds. The van der Waals surface area contributed by atoms with E-state index in [4.69, 9.17) is 0 Å². The largest absolute Gasteiger partial charge is 0.340 e. The van der Waals surface area contributed by atoms with Gasteiger partial charge in [-0.15, -0.1) is 0 Å². The number of hydrogen-bond donors (Lipinski definition) is 2. The quantitative estimate of drug-likeness (QED) is 0.662. The lowest BCUT2D eigenvalue weighted by Gasteiger charge is -2.10. The molecule has 23 heavy (non-hydrogen) atoms. The number of halogens is 2. The van der Waals surface area contributed by atoms with Gasteiger partial charge in [0.25, 0.3) is 0 Å². The van der Waals surface area contributed by atoms with E-state index in [0.717, 1.165) is 15.8 Å². The zero-order valence-corrected chi connectivity index (χ0v) is 13.9. The minimum atomic E-state index is -0.272. The van der Waals surface area contributed by atoms with Gasteiger partial charge in [0.1, 0.15) is 23.3 Å². The molecule has 0 aliphatic heterocycles. The normalized spacial score (nSPS) is 10.4. The molecule has 2 aromatic carbocycles. The number of benzene rings is 2. The molecule has 3 aromatic rings. The summed E-state index contributed by atoms with van der Waals surface area (Å²) < 4.78 is 13.9. The maximum atomic E-state index is 13.0. The molecule has 0 aliphatic rings. The van der Waals surface area contributed by atoms with Crippen LogP contribution in [0.1, 0.15) is 5.82 Å². The molecule has 1 heterocycles. The SMILES string of the molecule is Cc1nc(Nc2ccc(F)cc2)cc(Nc2cccc(Br)c2)n1. The summed E-state index contributed by atoms with van der Waals surface area (Å²) in [4.78, 5) is 8.72. The molecule has 0 unspecified atom stereocenters. The molecular weight excluding hydrogens is 359 g/mol. The van der Waals surface area contributed by atoms with Crippen LogP contribution in [0.4, 0.5) is 27.4 Å². The lowest BCUT2D eigenvalue weighted by atomic mass is 10.3. The molecule has 116 valence electrons. The third-order valence-corrected chi connectivity index (χ3v) is 3.54. The highest BCUT2D eigenvalue weighted by atomic mass is 79.9. The zero-order valence-electron chi connectivity index (χ0n) is 12.3. The summed E-state index contributed by atoms with van der Waals surface area (Å²) in [5, 5.41) is 6.38. The second-order valence-electron chi connectivity index (χ2n) is 4.95. The monoisotopic (exact) mass is 372 g/mol. The molecular formula is C17H14BrFN4. The van der Waals surface area contributed by atoms with Gasteiger partial charge in [-0.1, -0.05) is 22.0 Å². The molecule has 4 nitrogen and oxygen atoms in total. The first-order valence-electron chi connectivity index (χ1n) is 6.99. The molecule has 1 aromatic heterocycles. The van der Waals surface area contributed by atoms with Gasteiger partial charge in [0.05, 0.1) is 0 Å². The van der Waals surface area contributed by atoms with Gasteiger partial charge < -0.3 is 10.6 Å². The standard InChI is InChI=1S/C17H14BrFN4/c1-11-20-16(22-14-7-5-13(19)6-8-14)10-17(21-11)23-15-4-2-3-12(18)9-15/h2-10H,1H3,(H2,20,21,22,23). The number of aromatic nitrogens is 2. The molecule has 0 bridgehead atoms. The molecule has 0 radical (unpaired) electrons. The highest BCUT2D eigenvalue weighted by molar-refractivity contribution is 9.10. The minimum Gasteiger partial charge on any atom is -0.340 e. The third-order valence-electron chi connectivity index (χ3n) is 3.05. The van der Waals surface area contributed by atoms with E-state index in [1.54, 1.807) is 18.2 Å². The average Bonchev–Trinajstić information content (AvgIpc) is 2.49. The Hall–Kier alpha value is -2.47. The van der Waals surface area contributed by atoms with Crippen LogP contribution in [0.5, 0.6) is 0 Å². The molecule has 3 rings (SSSR count). The van der Waals surface area contributed by atoms with Gasteiger partial charge in [0.2, 0.25) is 0 Å². The van der Waals surface area contributed by atoms with Crippen molar-refractivity contribution in [2.24, 2.45) is 0 Å². The Morgan fingerprint density at radius 1 is 0.870 bits per heavy atom. The van der Waals surface area contributed by atoms with E-state index in [9.17, 15) is 4.39 Å². The van der Waals surface area contributed by atoms with Gasteiger partial charge in [-0.05, 0) is 49.4 Å². The maximum absolute atomic E-state index is 13.0. The molecule has 0 spiro atoms.